The molecule has 0 aliphatic heterocycles. The molecule has 2 aromatic carbocycles. The number of nitrogens with one attached hydrogen (secondary N) is 2. The van der Waals surface area contributed by atoms with E-state index in [-0.39, 0.29) is 6.54 Å². The molecule has 3 aromatic rings. The maximum absolute atomic E-state index is 12.8. The fraction of sp³-hybridized carbons (Fsp3) is 0.238. The van der Waals surface area contributed by atoms with Crippen molar-refractivity contribution in [2.24, 2.45) is 0 Å². The molecule has 0 aliphatic carbocycles. The Morgan fingerprint density at radius 3 is 2.34 bits per heavy atom. The number of thiazole rings is 1. The quantitative estimate of drug-likeness (QED) is 0.492. The second-order valence-corrected chi connectivity index (χ2v) is 7.48. The minimum atomic E-state index is -4.44. The van der Waals surface area contributed by atoms with E-state index in [4.69, 9.17) is 14.2 Å². The van der Waals surface area contributed by atoms with Gasteiger partial charge in [0.25, 0.3) is 5.91 Å². The first-order valence-electron chi connectivity index (χ1n) is 9.22. The molecule has 1 amide bonds. The highest BCUT2D eigenvalue weighted by Crippen LogP contribution is 2.40. The molecule has 32 heavy (non-hydrogen) atoms. The number of carbonyl (C=O) groups excluding carboxylic acids is 1. The van der Waals surface area contributed by atoms with Crippen LogP contribution in [0.25, 0.3) is 0 Å². The lowest BCUT2D eigenvalue weighted by atomic mass is 10.1. The number of ether oxygens (including phenoxy) is 3. The number of anilines is 2. The van der Waals surface area contributed by atoms with Crippen LogP contribution in [-0.2, 0) is 12.7 Å². The van der Waals surface area contributed by atoms with Gasteiger partial charge >= 0.3 is 6.18 Å². The summed E-state index contributed by atoms with van der Waals surface area (Å²) in [5, 5.41) is 6.10. The Labute approximate surface area is 186 Å². The molecule has 1 heterocycles. The molecule has 0 saturated carbocycles. The summed E-state index contributed by atoms with van der Waals surface area (Å²) in [5.41, 5.74) is 0.178. The van der Waals surface area contributed by atoms with Crippen LogP contribution in [0, 0.1) is 0 Å². The number of halogens is 3. The Kier molecular flexibility index (Phi) is 7.08. The van der Waals surface area contributed by atoms with E-state index in [2.05, 4.69) is 15.6 Å². The van der Waals surface area contributed by atoms with E-state index < -0.39 is 17.6 Å². The molecule has 0 atom stereocenters. The summed E-state index contributed by atoms with van der Waals surface area (Å²) in [5.74, 6) is 0.891. The number of hydrogen-bond acceptors (Lipinski definition) is 7. The van der Waals surface area contributed by atoms with Crippen molar-refractivity contribution in [3.8, 4) is 17.2 Å². The van der Waals surface area contributed by atoms with Gasteiger partial charge in [-0.25, -0.2) is 4.98 Å². The monoisotopic (exact) mass is 467 g/mol. The maximum atomic E-state index is 12.8. The molecule has 0 bridgehead atoms. The van der Waals surface area contributed by atoms with Gasteiger partial charge in [0.1, 0.15) is 4.88 Å². The summed E-state index contributed by atoms with van der Waals surface area (Å²) in [6.45, 7) is -0.0453. The van der Waals surface area contributed by atoms with Gasteiger partial charge in [-0.05, 0) is 17.7 Å². The summed E-state index contributed by atoms with van der Waals surface area (Å²) in [6, 6.07) is 8.18. The molecule has 0 aliphatic rings. The molecular weight excluding hydrogens is 447 g/mol. The van der Waals surface area contributed by atoms with E-state index in [0.717, 1.165) is 23.5 Å². The van der Waals surface area contributed by atoms with Gasteiger partial charge in [-0.3, -0.25) is 4.79 Å². The molecule has 2 N–H and O–H groups in total. The predicted molar refractivity (Wildman–Crippen MR) is 114 cm³/mol. The third-order valence-corrected chi connectivity index (χ3v) is 5.26. The lowest BCUT2D eigenvalue weighted by Gasteiger charge is -2.14. The molecule has 0 spiro atoms. The number of benzene rings is 2. The number of aromatic nitrogens is 1. The Morgan fingerprint density at radius 2 is 1.75 bits per heavy atom. The highest BCUT2D eigenvalue weighted by Gasteiger charge is 2.30. The van der Waals surface area contributed by atoms with Crippen molar-refractivity contribution < 1.29 is 32.2 Å². The Balaban J connectivity index is 1.68. The van der Waals surface area contributed by atoms with Crippen LogP contribution in [0.4, 0.5) is 24.0 Å². The van der Waals surface area contributed by atoms with Crippen LogP contribution in [0.2, 0.25) is 0 Å². The zero-order valence-electron chi connectivity index (χ0n) is 17.4. The van der Waals surface area contributed by atoms with E-state index in [1.54, 1.807) is 12.1 Å². The van der Waals surface area contributed by atoms with Crippen molar-refractivity contribution >= 4 is 28.1 Å². The summed E-state index contributed by atoms with van der Waals surface area (Å²) in [6.07, 6.45) is -3.06. The van der Waals surface area contributed by atoms with Crippen LogP contribution in [0.5, 0.6) is 17.2 Å². The van der Waals surface area contributed by atoms with Gasteiger partial charge in [0.2, 0.25) is 5.75 Å². The van der Waals surface area contributed by atoms with Crippen molar-refractivity contribution in [1.29, 1.82) is 0 Å². The first-order chi connectivity index (χ1) is 15.2. The van der Waals surface area contributed by atoms with Gasteiger partial charge < -0.3 is 24.8 Å². The SMILES string of the molecule is COc1cc(Nc2ncc(C(=O)NCc3cccc(C(F)(F)F)c3)s2)cc(OC)c1OC. The maximum Gasteiger partial charge on any atom is 0.416 e. The largest absolute Gasteiger partial charge is 0.493 e. The Hall–Kier alpha value is -3.47. The van der Waals surface area contributed by atoms with Gasteiger partial charge in [0.15, 0.2) is 16.6 Å². The van der Waals surface area contributed by atoms with E-state index in [1.807, 2.05) is 0 Å². The predicted octanol–water partition coefficient (Wildman–Crippen LogP) is 4.86. The zero-order chi connectivity index (χ0) is 23.3. The third kappa shape index (κ3) is 5.41. The highest BCUT2D eigenvalue weighted by molar-refractivity contribution is 7.17. The number of hydrogen-bond donors (Lipinski definition) is 2. The van der Waals surface area contributed by atoms with Crippen molar-refractivity contribution in [3.63, 3.8) is 0 Å². The van der Waals surface area contributed by atoms with Crippen LogP contribution in [-0.4, -0.2) is 32.2 Å². The number of carbonyl (C=O) groups is 1. The third-order valence-electron chi connectivity index (χ3n) is 4.35. The summed E-state index contributed by atoms with van der Waals surface area (Å²) < 4.78 is 54.4. The molecule has 1 aromatic heterocycles. The molecule has 170 valence electrons. The smallest absolute Gasteiger partial charge is 0.416 e. The fourth-order valence-corrected chi connectivity index (χ4v) is 3.59. The highest BCUT2D eigenvalue weighted by atomic mass is 32.1. The standard InChI is InChI=1S/C21H20F3N3O4S/c1-29-15-8-14(9-16(30-2)18(15)31-3)27-20-26-11-17(32-20)19(28)25-10-12-5-4-6-13(7-12)21(22,23)24/h4-9,11H,10H2,1-3H3,(H,25,28)(H,26,27). The van der Waals surface area contributed by atoms with Crippen LogP contribution in [0.15, 0.2) is 42.6 Å². The number of rotatable bonds is 8. The van der Waals surface area contributed by atoms with E-state index in [1.165, 1.54) is 39.7 Å². The zero-order valence-corrected chi connectivity index (χ0v) is 18.2. The second-order valence-electron chi connectivity index (χ2n) is 6.45. The number of methoxy groups -OCH3 is 3. The van der Waals surface area contributed by atoms with Gasteiger partial charge in [-0.2, -0.15) is 13.2 Å². The van der Waals surface area contributed by atoms with Crippen LogP contribution < -0.4 is 24.8 Å². The fourth-order valence-electron chi connectivity index (χ4n) is 2.84. The minimum absolute atomic E-state index is 0.0453. The summed E-state index contributed by atoms with van der Waals surface area (Å²) in [7, 11) is 4.49. The summed E-state index contributed by atoms with van der Waals surface area (Å²) >= 11 is 1.09. The van der Waals surface area contributed by atoms with Crippen molar-refractivity contribution in [2.45, 2.75) is 12.7 Å². The van der Waals surface area contributed by atoms with Gasteiger partial charge in [-0.15, -0.1) is 0 Å². The van der Waals surface area contributed by atoms with Crippen molar-refractivity contribution in [3.05, 3.63) is 58.6 Å². The van der Waals surface area contributed by atoms with Gasteiger partial charge in [0, 0.05) is 24.4 Å². The average Bonchev–Trinajstić information content (AvgIpc) is 3.24. The number of nitrogens with zero attached hydrogens (tertiary/aromatic N) is 1. The van der Waals surface area contributed by atoms with Crippen LogP contribution in [0.1, 0.15) is 20.8 Å². The van der Waals surface area contributed by atoms with Gasteiger partial charge in [0.05, 0.1) is 33.1 Å². The minimum Gasteiger partial charge on any atom is -0.493 e. The molecule has 11 heteroatoms. The van der Waals surface area contributed by atoms with Crippen LogP contribution >= 0.6 is 11.3 Å². The molecule has 0 unspecified atom stereocenters. The first kappa shape index (κ1) is 23.2. The second kappa shape index (κ2) is 9.77. The van der Waals surface area contributed by atoms with E-state index >= 15 is 0 Å². The normalized spacial score (nSPS) is 11.1. The molecule has 0 radical (unpaired) electrons. The first-order valence-corrected chi connectivity index (χ1v) is 10.0. The number of amides is 1. The molecule has 3 rings (SSSR count). The Morgan fingerprint density at radius 1 is 1.06 bits per heavy atom. The average molecular weight is 467 g/mol. The molecule has 7 nitrogen and oxygen atoms in total. The van der Waals surface area contributed by atoms with Crippen molar-refractivity contribution in [1.82, 2.24) is 10.3 Å². The number of alkyl halides is 3. The summed E-state index contributed by atoms with van der Waals surface area (Å²) in [4.78, 5) is 16.9. The topological polar surface area (TPSA) is 81.7 Å². The van der Waals surface area contributed by atoms with E-state index in [9.17, 15) is 18.0 Å². The lowest BCUT2D eigenvalue weighted by Crippen LogP contribution is -2.22. The van der Waals surface area contributed by atoms with E-state index in [0.29, 0.717) is 38.5 Å². The lowest BCUT2D eigenvalue weighted by molar-refractivity contribution is -0.137. The van der Waals surface area contributed by atoms with Crippen molar-refractivity contribution in [2.75, 3.05) is 26.6 Å². The molecule has 0 fully saturated rings. The molecule has 0 saturated heterocycles. The van der Waals surface area contributed by atoms with Gasteiger partial charge in [-0.1, -0.05) is 23.5 Å². The van der Waals surface area contributed by atoms with Crippen LogP contribution in [0.3, 0.4) is 0 Å². The Bertz CT molecular complexity index is 1080. The molecular formula is C21H20F3N3O4S.